The predicted octanol–water partition coefficient (Wildman–Crippen LogP) is 2.35. The van der Waals surface area contributed by atoms with E-state index < -0.39 is 0 Å². The first kappa shape index (κ1) is 17.0. The second-order valence-electron chi connectivity index (χ2n) is 5.00. The summed E-state index contributed by atoms with van der Waals surface area (Å²) in [6.07, 6.45) is 1.17. The molecule has 1 rings (SSSR count). The number of nitrogens with zero attached hydrogens (tertiary/aromatic N) is 1. The van der Waals surface area contributed by atoms with Crippen LogP contribution in [0.25, 0.3) is 0 Å². The topological polar surface area (TPSA) is 58.6 Å². The number of carbonyl (C=O) groups is 2. The number of hydrogen-bond donors (Lipinski definition) is 1. The van der Waals surface area contributed by atoms with Gasteiger partial charge in [-0.3, -0.25) is 9.59 Å². The van der Waals surface area contributed by atoms with Crippen LogP contribution in [-0.2, 0) is 9.59 Å². The van der Waals surface area contributed by atoms with Crippen molar-refractivity contribution in [2.24, 2.45) is 0 Å². The van der Waals surface area contributed by atoms with Gasteiger partial charge in [-0.05, 0) is 25.5 Å². The zero-order valence-corrected chi connectivity index (χ0v) is 13.2. The highest BCUT2D eigenvalue weighted by molar-refractivity contribution is 5.92. The molecule has 1 aromatic carbocycles. The summed E-state index contributed by atoms with van der Waals surface area (Å²) >= 11 is 0. The number of methoxy groups -OCH3 is 1. The number of rotatable bonds is 7. The van der Waals surface area contributed by atoms with Gasteiger partial charge in [-0.1, -0.05) is 13.0 Å². The molecule has 1 atom stereocenters. The van der Waals surface area contributed by atoms with Crippen LogP contribution in [0, 0.1) is 0 Å². The Morgan fingerprint density at radius 2 is 2.10 bits per heavy atom. The molecule has 1 aromatic rings. The molecule has 0 aliphatic heterocycles. The summed E-state index contributed by atoms with van der Waals surface area (Å²) in [5, 5.41) is 2.90. The molecule has 21 heavy (non-hydrogen) atoms. The fourth-order valence-electron chi connectivity index (χ4n) is 1.91. The largest absolute Gasteiger partial charge is 0.497 e. The number of hydrogen-bond acceptors (Lipinski definition) is 3. The van der Waals surface area contributed by atoms with Crippen molar-refractivity contribution in [3.63, 3.8) is 0 Å². The SMILES string of the molecule is CCC(C)NC(=O)CCN(C(C)=O)c1cccc(OC)c1. The fourth-order valence-corrected chi connectivity index (χ4v) is 1.91. The van der Waals surface area contributed by atoms with Crippen LogP contribution in [-0.4, -0.2) is 31.5 Å². The van der Waals surface area contributed by atoms with Gasteiger partial charge in [0.05, 0.1) is 7.11 Å². The minimum atomic E-state index is -0.0976. The number of anilines is 1. The fraction of sp³-hybridized carbons (Fsp3) is 0.500. The molecule has 0 aliphatic rings. The number of benzene rings is 1. The summed E-state index contributed by atoms with van der Waals surface area (Å²) in [6, 6.07) is 7.41. The van der Waals surface area contributed by atoms with Gasteiger partial charge in [-0.2, -0.15) is 0 Å². The number of carbonyl (C=O) groups excluding carboxylic acids is 2. The Hall–Kier alpha value is -2.04. The summed E-state index contributed by atoms with van der Waals surface area (Å²) in [5.41, 5.74) is 0.734. The van der Waals surface area contributed by atoms with Gasteiger partial charge in [-0.25, -0.2) is 0 Å². The van der Waals surface area contributed by atoms with Gasteiger partial charge >= 0.3 is 0 Å². The molecule has 5 heteroatoms. The van der Waals surface area contributed by atoms with E-state index in [9.17, 15) is 9.59 Å². The Labute approximate surface area is 126 Å². The Bertz CT molecular complexity index is 488. The van der Waals surface area contributed by atoms with Gasteiger partial charge in [0.25, 0.3) is 0 Å². The maximum Gasteiger partial charge on any atom is 0.223 e. The summed E-state index contributed by atoms with van der Waals surface area (Å²) < 4.78 is 5.16. The average molecular weight is 292 g/mol. The molecular formula is C16H24N2O3. The second kappa shape index (κ2) is 8.29. The minimum Gasteiger partial charge on any atom is -0.497 e. The summed E-state index contributed by atoms with van der Waals surface area (Å²) in [7, 11) is 1.58. The highest BCUT2D eigenvalue weighted by atomic mass is 16.5. The maximum atomic E-state index is 11.8. The zero-order chi connectivity index (χ0) is 15.8. The van der Waals surface area contributed by atoms with Gasteiger partial charge in [-0.15, -0.1) is 0 Å². The molecule has 116 valence electrons. The lowest BCUT2D eigenvalue weighted by atomic mass is 10.2. The molecule has 0 saturated carbocycles. The van der Waals surface area contributed by atoms with Crippen molar-refractivity contribution in [1.29, 1.82) is 0 Å². The Morgan fingerprint density at radius 3 is 2.67 bits per heavy atom. The molecule has 5 nitrogen and oxygen atoms in total. The van der Waals surface area contributed by atoms with Crippen molar-refractivity contribution in [2.45, 2.75) is 39.7 Å². The average Bonchev–Trinajstić information content (AvgIpc) is 2.47. The Morgan fingerprint density at radius 1 is 1.38 bits per heavy atom. The third-order valence-electron chi connectivity index (χ3n) is 3.33. The summed E-state index contributed by atoms with van der Waals surface area (Å²) in [6.45, 7) is 5.82. The van der Waals surface area contributed by atoms with Crippen molar-refractivity contribution in [1.82, 2.24) is 5.32 Å². The normalized spacial score (nSPS) is 11.6. The lowest BCUT2D eigenvalue weighted by molar-refractivity contribution is -0.121. The zero-order valence-electron chi connectivity index (χ0n) is 13.2. The first-order valence-corrected chi connectivity index (χ1v) is 7.19. The molecule has 1 N–H and O–H groups in total. The summed E-state index contributed by atoms with van der Waals surface area (Å²) in [5.74, 6) is 0.542. The van der Waals surface area contributed by atoms with E-state index in [1.54, 1.807) is 18.1 Å². The van der Waals surface area contributed by atoms with Gasteiger partial charge < -0.3 is 15.0 Å². The highest BCUT2D eigenvalue weighted by Crippen LogP contribution is 2.21. The van der Waals surface area contributed by atoms with Crippen molar-refractivity contribution < 1.29 is 14.3 Å². The van der Waals surface area contributed by atoms with E-state index in [0.29, 0.717) is 12.3 Å². The standard InChI is InChI=1S/C16H24N2O3/c1-5-12(2)17-16(20)9-10-18(13(3)19)14-7-6-8-15(11-14)21-4/h6-8,11-12H,5,9-10H2,1-4H3,(H,17,20). The molecule has 0 bridgehead atoms. The molecule has 0 aromatic heterocycles. The molecule has 1 unspecified atom stereocenters. The van der Waals surface area contributed by atoms with Crippen LogP contribution in [0.3, 0.4) is 0 Å². The first-order valence-electron chi connectivity index (χ1n) is 7.19. The van der Waals surface area contributed by atoms with E-state index in [0.717, 1.165) is 12.1 Å². The maximum absolute atomic E-state index is 11.8. The van der Waals surface area contributed by atoms with E-state index in [1.807, 2.05) is 32.0 Å². The highest BCUT2D eigenvalue weighted by Gasteiger charge is 2.14. The van der Waals surface area contributed by atoms with Crippen molar-refractivity contribution in [3.05, 3.63) is 24.3 Å². The van der Waals surface area contributed by atoms with Gasteiger partial charge in [0, 0.05) is 37.7 Å². The van der Waals surface area contributed by atoms with Gasteiger partial charge in [0.15, 0.2) is 0 Å². The molecule has 0 spiro atoms. The van der Waals surface area contributed by atoms with Crippen LogP contribution < -0.4 is 15.0 Å². The smallest absolute Gasteiger partial charge is 0.223 e. The third kappa shape index (κ3) is 5.45. The van der Waals surface area contributed by atoms with Gasteiger partial charge in [0.2, 0.25) is 11.8 Å². The van der Waals surface area contributed by atoms with Crippen LogP contribution in [0.1, 0.15) is 33.6 Å². The second-order valence-corrected chi connectivity index (χ2v) is 5.00. The third-order valence-corrected chi connectivity index (χ3v) is 3.33. The number of amides is 2. The molecule has 0 radical (unpaired) electrons. The first-order chi connectivity index (χ1) is 9.97. The van der Waals surface area contributed by atoms with Crippen LogP contribution in [0.4, 0.5) is 5.69 Å². The lowest BCUT2D eigenvalue weighted by Gasteiger charge is -2.22. The van der Waals surface area contributed by atoms with Crippen LogP contribution in [0.5, 0.6) is 5.75 Å². The molecule has 0 aliphatic carbocycles. The van der Waals surface area contributed by atoms with Crippen LogP contribution in [0.2, 0.25) is 0 Å². The van der Waals surface area contributed by atoms with E-state index in [1.165, 1.54) is 6.92 Å². The quantitative estimate of drug-likeness (QED) is 0.839. The van der Waals surface area contributed by atoms with E-state index in [2.05, 4.69) is 5.32 Å². The van der Waals surface area contributed by atoms with Crippen molar-refractivity contribution in [2.75, 3.05) is 18.6 Å². The monoisotopic (exact) mass is 292 g/mol. The van der Waals surface area contributed by atoms with E-state index in [-0.39, 0.29) is 24.3 Å². The Kier molecular flexibility index (Phi) is 6.72. The van der Waals surface area contributed by atoms with Crippen LogP contribution in [0.15, 0.2) is 24.3 Å². The van der Waals surface area contributed by atoms with E-state index in [4.69, 9.17) is 4.74 Å². The van der Waals surface area contributed by atoms with Crippen molar-refractivity contribution >= 4 is 17.5 Å². The molecule has 0 heterocycles. The van der Waals surface area contributed by atoms with E-state index >= 15 is 0 Å². The Balaban J connectivity index is 2.70. The van der Waals surface area contributed by atoms with Crippen LogP contribution >= 0.6 is 0 Å². The number of nitrogens with one attached hydrogen (secondary N) is 1. The molecule has 0 fully saturated rings. The summed E-state index contributed by atoms with van der Waals surface area (Å²) in [4.78, 5) is 25.2. The minimum absolute atomic E-state index is 0.0431. The molecule has 0 saturated heterocycles. The molecule has 2 amide bonds. The van der Waals surface area contributed by atoms with Crippen molar-refractivity contribution in [3.8, 4) is 5.75 Å². The predicted molar refractivity (Wildman–Crippen MR) is 83.5 cm³/mol. The number of ether oxygens (including phenoxy) is 1. The van der Waals surface area contributed by atoms with Gasteiger partial charge in [0.1, 0.15) is 5.75 Å². The molecular weight excluding hydrogens is 268 g/mol. The lowest BCUT2D eigenvalue weighted by Crippen LogP contribution is -2.36.